The van der Waals surface area contributed by atoms with Gasteiger partial charge in [-0.05, 0) is 41.5 Å². The molecule has 0 bridgehead atoms. The van der Waals surface area contributed by atoms with Gasteiger partial charge in [0.25, 0.3) is 5.56 Å². The van der Waals surface area contributed by atoms with Crippen LogP contribution in [0.4, 0.5) is 0 Å². The summed E-state index contributed by atoms with van der Waals surface area (Å²) >= 11 is 0. The molecule has 0 radical (unpaired) electrons. The Balaban J connectivity index is 1.72. The van der Waals surface area contributed by atoms with Crippen LogP contribution in [0, 0.1) is 0 Å². The van der Waals surface area contributed by atoms with E-state index in [0.717, 1.165) is 22.3 Å². The second-order valence-electron chi connectivity index (χ2n) is 6.21. The first-order valence-corrected chi connectivity index (χ1v) is 8.45. The third-order valence-corrected chi connectivity index (χ3v) is 4.45. The summed E-state index contributed by atoms with van der Waals surface area (Å²) in [5.74, 6) is 0.788. The van der Waals surface area contributed by atoms with Crippen LogP contribution < -0.4 is 10.3 Å². The molecular weight excluding hydrogens is 326 g/mol. The number of rotatable bonds is 5. The van der Waals surface area contributed by atoms with Crippen molar-refractivity contribution in [3.63, 3.8) is 0 Å². The highest BCUT2D eigenvalue weighted by Crippen LogP contribution is 2.16. The molecule has 1 aromatic carbocycles. The maximum absolute atomic E-state index is 13.1. The third-order valence-electron chi connectivity index (χ3n) is 4.45. The van der Waals surface area contributed by atoms with Crippen LogP contribution in [0.2, 0.25) is 0 Å². The molecule has 3 aromatic heterocycles. The van der Waals surface area contributed by atoms with Crippen molar-refractivity contribution in [1.82, 2.24) is 14.1 Å². The van der Waals surface area contributed by atoms with Crippen molar-refractivity contribution in [3.8, 4) is 5.75 Å². The molecule has 4 aromatic rings. The fraction of sp³-hybridized carbons (Fsp3) is 0.143. The van der Waals surface area contributed by atoms with Crippen LogP contribution in [-0.4, -0.2) is 21.2 Å². The smallest absolute Gasteiger partial charge is 0.275 e. The Morgan fingerprint density at radius 2 is 1.73 bits per heavy atom. The highest BCUT2D eigenvalue weighted by atomic mass is 16.5. The number of hydrogen-bond acceptors (Lipinski definition) is 3. The van der Waals surface area contributed by atoms with Crippen LogP contribution in [0.1, 0.15) is 11.1 Å². The van der Waals surface area contributed by atoms with E-state index in [0.29, 0.717) is 18.6 Å². The Kier molecular flexibility index (Phi) is 4.27. The quantitative estimate of drug-likeness (QED) is 0.558. The number of nitrogens with zero attached hydrogens (tertiary/aromatic N) is 3. The van der Waals surface area contributed by atoms with Crippen molar-refractivity contribution in [2.45, 2.75) is 13.1 Å². The standard InChI is InChI=1S/C21H19N3O2/c1-26-19-6-2-4-16(12-19)14-24-11-8-18-7-10-23(20(18)21(24)25)15-17-5-3-9-22-13-17/h2-13H,14-15H2,1H3. The number of ether oxygens (including phenoxy) is 1. The van der Waals surface area contributed by atoms with E-state index in [1.54, 1.807) is 17.9 Å². The zero-order valence-corrected chi connectivity index (χ0v) is 14.5. The second-order valence-corrected chi connectivity index (χ2v) is 6.21. The maximum atomic E-state index is 13.1. The molecule has 0 saturated carbocycles. The van der Waals surface area contributed by atoms with Gasteiger partial charge < -0.3 is 13.9 Å². The zero-order chi connectivity index (χ0) is 17.9. The number of benzene rings is 1. The molecule has 0 saturated heterocycles. The first kappa shape index (κ1) is 16.1. The Morgan fingerprint density at radius 3 is 2.50 bits per heavy atom. The van der Waals surface area contributed by atoms with E-state index in [1.807, 2.05) is 71.7 Å². The van der Waals surface area contributed by atoms with Crippen molar-refractivity contribution in [3.05, 3.63) is 94.8 Å². The molecule has 0 atom stereocenters. The summed E-state index contributed by atoms with van der Waals surface area (Å²) in [5.41, 5.74) is 2.79. The van der Waals surface area contributed by atoms with Crippen molar-refractivity contribution >= 4 is 10.9 Å². The summed E-state index contributed by atoms with van der Waals surface area (Å²) in [6.45, 7) is 1.12. The number of aromatic nitrogens is 3. The highest BCUT2D eigenvalue weighted by molar-refractivity contribution is 5.79. The molecule has 4 rings (SSSR count). The minimum atomic E-state index is -0.000731. The van der Waals surface area contributed by atoms with Crippen LogP contribution in [0.3, 0.4) is 0 Å². The predicted molar refractivity (Wildman–Crippen MR) is 102 cm³/mol. The van der Waals surface area contributed by atoms with Gasteiger partial charge in [-0.25, -0.2) is 0 Å². The second kappa shape index (κ2) is 6.88. The number of hydrogen-bond donors (Lipinski definition) is 0. The summed E-state index contributed by atoms with van der Waals surface area (Å²) in [5, 5.41) is 0.945. The molecule has 0 amide bonds. The molecule has 0 aliphatic carbocycles. The lowest BCUT2D eigenvalue weighted by Crippen LogP contribution is -2.22. The number of methoxy groups -OCH3 is 1. The molecule has 3 heterocycles. The van der Waals surface area contributed by atoms with Crippen molar-refractivity contribution < 1.29 is 4.74 Å². The fourth-order valence-electron chi connectivity index (χ4n) is 3.16. The van der Waals surface area contributed by atoms with Crippen molar-refractivity contribution in [2.24, 2.45) is 0 Å². The largest absolute Gasteiger partial charge is 0.497 e. The van der Waals surface area contributed by atoms with Crippen molar-refractivity contribution in [1.29, 1.82) is 0 Å². The first-order valence-electron chi connectivity index (χ1n) is 8.45. The maximum Gasteiger partial charge on any atom is 0.275 e. The topological polar surface area (TPSA) is 49.0 Å². The van der Waals surface area contributed by atoms with E-state index in [1.165, 1.54) is 0 Å². The highest BCUT2D eigenvalue weighted by Gasteiger charge is 2.09. The SMILES string of the molecule is COc1cccc(Cn2ccc3ccn(Cc4cccnc4)c3c2=O)c1. The van der Waals surface area contributed by atoms with Gasteiger partial charge in [-0.15, -0.1) is 0 Å². The van der Waals surface area contributed by atoms with Crippen LogP contribution in [0.15, 0.2) is 78.1 Å². The van der Waals surface area contributed by atoms with E-state index in [4.69, 9.17) is 4.74 Å². The Labute approximate surface area is 151 Å². The molecule has 26 heavy (non-hydrogen) atoms. The van der Waals surface area contributed by atoms with E-state index >= 15 is 0 Å². The van der Waals surface area contributed by atoms with E-state index in [-0.39, 0.29) is 5.56 Å². The van der Waals surface area contributed by atoms with Crippen LogP contribution in [0.5, 0.6) is 5.75 Å². The van der Waals surface area contributed by atoms with Gasteiger partial charge in [0, 0.05) is 36.7 Å². The Morgan fingerprint density at radius 1 is 0.962 bits per heavy atom. The molecule has 0 aliphatic heterocycles. The average molecular weight is 345 g/mol. The summed E-state index contributed by atoms with van der Waals surface area (Å²) in [6, 6.07) is 15.6. The molecule has 130 valence electrons. The molecule has 5 nitrogen and oxygen atoms in total. The minimum absolute atomic E-state index is 0.000731. The lowest BCUT2D eigenvalue weighted by molar-refractivity contribution is 0.414. The normalized spacial score (nSPS) is 11.0. The van der Waals surface area contributed by atoms with Gasteiger partial charge in [0.05, 0.1) is 13.7 Å². The van der Waals surface area contributed by atoms with Gasteiger partial charge in [0.2, 0.25) is 0 Å². The monoisotopic (exact) mass is 345 g/mol. The fourth-order valence-corrected chi connectivity index (χ4v) is 3.16. The van der Waals surface area contributed by atoms with Crippen LogP contribution >= 0.6 is 0 Å². The van der Waals surface area contributed by atoms with E-state index in [2.05, 4.69) is 4.98 Å². The summed E-state index contributed by atoms with van der Waals surface area (Å²) < 4.78 is 8.98. The van der Waals surface area contributed by atoms with Gasteiger partial charge in [-0.3, -0.25) is 9.78 Å². The Bertz CT molecular complexity index is 1100. The molecule has 5 heteroatoms. The zero-order valence-electron chi connectivity index (χ0n) is 14.5. The lowest BCUT2D eigenvalue weighted by atomic mass is 10.2. The molecule has 0 spiro atoms. The summed E-state index contributed by atoms with van der Waals surface area (Å²) in [7, 11) is 1.64. The molecule has 0 aliphatic rings. The summed E-state index contributed by atoms with van der Waals surface area (Å²) in [6.07, 6.45) is 7.37. The minimum Gasteiger partial charge on any atom is -0.497 e. The molecule has 0 unspecified atom stereocenters. The molecular formula is C21H19N3O2. The third kappa shape index (κ3) is 3.11. The molecule has 0 fully saturated rings. The first-order chi connectivity index (χ1) is 12.7. The predicted octanol–water partition coefficient (Wildman–Crippen LogP) is 3.30. The van der Waals surface area contributed by atoms with E-state index in [9.17, 15) is 4.79 Å². The van der Waals surface area contributed by atoms with Gasteiger partial charge >= 0.3 is 0 Å². The molecule has 0 N–H and O–H groups in total. The Hall–Kier alpha value is -3.34. The van der Waals surface area contributed by atoms with Gasteiger partial charge in [-0.2, -0.15) is 0 Å². The van der Waals surface area contributed by atoms with Gasteiger partial charge in [0.15, 0.2) is 0 Å². The van der Waals surface area contributed by atoms with E-state index < -0.39 is 0 Å². The summed E-state index contributed by atoms with van der Waals surface area (Å²) in [4.78, 5) is 17.2. The van der Waals surface area contributed by atoms with Crippen LogP contribution in [-0.2, 0) is 13.1 Å². The van der Waals surface area contributed by atoms with Gasteiger partial charge in [0.1, 0.15) is 11.3 Å². The number of pyridine rings is 2. The number of fused-ring (bicyclic) bond motifs is 1. The van der Waals surface area contributed by atoms with Gasteiger partial charge in [-0.1, -0.05) is 18.2 Å². The van der Waals surface area contributed by atoms with Crippen molar-refractivity contribution in [2.75, 3.05) is 7.11 Å². The lowest BCUT2D eigenvalue weighted by Gasteiger charge is -2.10. The average Bonchev–Trinajstić information content (AvgIpc) is 3.08. The van der Waals surface area contributed by atoms with Crippen LogP contribution in [0.25, 0.3) is 10.9 Å².